The highest BCUT2D eigenvalue weighted by Gasteiger charge is 2.23. The van der Waals surface area contributed by atoms with Gasteiger partial charge in [0.15, 0.2) is 17.5 Å². The van der Waals surface area contributed by atoms with Gasteiger partial charge in [0.1, 0.15) is 5.78 Å². The lowest BCUT2D eigenvalue weighted by atomic mass is 10.1. The molecule has 0 radical (unpaired) electrons. The summed E-state index contributed by atoms with van der Waals surface area (Å²) in [6.07, 6.45) is 0.468. The number of piperidine rings is 1. The SMILES string of the molecule is O=C1CCN(C(=O)c2cc(F)c(F)c(F)c2)CC1. The van der Waals surface area contributed by atoms with Gasteiger partial charge in [-0.3, -0.25) is 9.59 Å². The fourth-order valence-electron chi connectivity index (χ4n) is 1.82. The molecular formula is C12H10F3NO2. The molecule has 0 aromatic heterocycles. The van der Waals surface area contributed by atoms with Gasteiger partial charge in [0.25, 0.3) is 5.91 Å². The zero-order valence-corrected chi connectivity index (χ0v) is 9.38. The summed E-state index contributed by atoms with van der Waals surface area (Å²) >= 11 is 0. The number of carbonyl (C=O) groups excluding carboxylic acids is 2. The smallest absolute Gasteiger partial charge is 0.254 e. The normalized spacial score (nSPS) is 15.9. The Kier molecular flexibility index (Phi) is 3.36. The van der Waals surface area contributed by atoms with Crippen LogP contribution in [-0.4, -0.2) is 29.7 Å². The Morgan fingerprint density at radius 1 is 1.06 bits per heavy atom. The molecule has 0 unspecified atom stereocenters. The highest BCUT2D eigenvalue weighted by atomic mass is 19.2. The predicted octanol–water partition coefficient (Wildman–Crippen LogP) is 1.91. The monoisotopic (exact) mass is 257 g/mol. The molecule has 6 heteroatoms. The van der Waals surface area contributed by atoms with Gasteiger partial charge in [0.2, 0.25) is 0 Å². The topological polar surface area (TPSA) is 37.4 Å². The highest BCUT2D eigenvalue weighted by molar-refractivity contribution is 5.95. The highest BCUT2D eigenvalue weighted by Crippen LogP contribution is 2.17. The van der Waals surface area contributed by atoms with Gasteiger partial charge < -0.3 is 4.90 Å². The van der Waals surface area contributed by atoms with E-state index < -0.39 is 23.4 Å². The van der Waals surface area contributed by atoms with Crippen LogP contribution in [0.3, 0.4) is 0 Å². The number of carbonyl (C=O) groups is 2. The van der Waals surface area contributed by atoms with Crippen molar-refractivity contribution in [3.8, 4) is 0 Å². The number of likely N-dealkylation sites (tertiary alicyclic amines) is 1. The van der Waals surface area contributed by atoms with E-state index >= 15 is 0 Å². The van der Waals surface area contributed by atoms with E-state index in [1.807, 2.05) is 0 Å². The summed E-state index contributed by atoms with van der Waals surface area (Å²) in [6, 6.07) is 1.33. The van der Waals surface area contributed by atoms with Crippen LogP contribution in [0.15, 0.2) is 12.1 Å². The van der Waals surface area contributed by atoms with Crippen molar-refractivity contribution in [1.82, 2.24) is 4.90 Å². The fourth-order valence-corrected chi connectivity index (χ4v) is 1.82. The van der Waals surface area contributed by atoms with Gasteiger partial charge in [-0.25, -0.2) is 13.2 Å². The van der Waals surface area contributed by atoms with E-state index in [2.05, 4.69) is 0 Å². The molecule has 1 aromatic rings. The summed E-state index contributed by atoms with van der Waals surface area (Å²) in [4.78, 5) is 24.2. The average molecular weight is 257 g/mol. The number of nitrogens with zero attached hydrogens (tertiary/aromatic N) is 1. The predicted molar refractivity (Wildman–Crippen MR) is 56.5 cm³/mol. The molecule has 1 aromatic carbocycles. The van der Waals surface area contributed by atoms with Crippen molar-refractivity contribution in [3.05, 3.63) is 35.1 Å². The quantitative estimate of drug-likeness (QED) is 0.721. The minimum absolute atomic E-state index is 0.0514. The van der Waals surface area contributed by atoms with E-state index in [1.165, 1.54) is 4.90 Å². The second kappa shape index (κ2) is 4.80. The largest absolute Gasteiger partial charge is 0.338 e. The standard InChI is InChI=1S/C12H10F3NO2/c13-9-5-7(6-10(14)11(9)15)12(18)16-3-1-8(17)2-4-16/h5-6H,1-4H2. The van der Waals surface area contributed by atoms with Crippen LogP contribution in [0.25, 0.3) is 0 Å². The summed E-state index contributed by atoms with van der Waals surface area (Å²) < 4.78 is 38.7. The van der Waals surface area contributed by atoms with Crippen molar-refractivity contribution in [1.29, 1.82) is 0 Å². The van der Waals surface area contributed by atoms with Gasteiger partial charge in [-0.1, -0.05) is 0 Å². The lowest BCUT2D eigenvalue weighted by Gasteiger charge is -2.26. The molecule has 2 rings (SSSR count). The van der Waals surface area contributed by atoms with Gasteiger partial charge in [-0.05, 0) is 12.1 Å². The summed E-state index contributed by atoms with van der Waals surface area (Å²) in [7, 11) is 0. The zero-order valence-electron chi connectivity index (χ0n) is 9.38. The molecular weight excluding hydrogens is 247 g/mol. The molecule has 0 atom stereocenters. The van der Waals surface area contributed by atoms with E-state index in [4.69, 9.17) is 0 Å². The third kappa shape index (κ3) is 2.37. The van der Waals surface area contributed by atoms with Crippen LogP contribution in [-0.2, 0) is 4.79 Å². The average Bonchev–Trinajstić information content (AvgIpc) is 2.35. The first-order chi connectivity index (χ1) is 8.49. The molecule has 3 nitrogen and oxygen atoms in total. The van der Waals surface area contributed by atoms with Gasteiger partial charge >= 0.3 is 0 Å². The van der Waals surface area contributed by atoms with Crippen LogP contribution in [0.5, 0.6) is 0 Å². The third-order valence-electron chi connectivity index (χ3n) is 2.84. The Labute approximate surface area is 101 Å². The van der Waals surface area contributed by atoms with Gasteiger partial charge in [-0.15, -0.1) is 0 Å². The Balaban J connectivity index is 2.21. The second-order valence-corrected chi connectivity index (χ2v) is 4.08. The number of rotatable bonds is 1. The van der Waals surface area contributed by atoms with Crippen LogP contribution in [0.1, 0.15) is 23.2 Å². The third-order valence-corrected chi connectivity index (χ3v) is 2.84. The Morgan fingerprint density at radius 2 is 1.56 bits per heavy atom. The van der Waals surface area contributed by atoms with E-state index in [0.29, 0.717) is 12.1 Å². The lowest BCUT2D eigenvalue weighted by Crippen LogP contribution is -2.38. The van der Waals surface area contributed by atoms with E-state index in [0.717, 1.165) is 0 Å². The summed E-state index contributed by atoms with van der Waals surface area (Å²) in [5.41, 5.74) is -0.249. The van der Waals surface area contributed by atoms with Crippen LogP contribution < -0.4 is 0 Å². The number of halogens is 3. The maximum absolute atomic E-state index is 13.0. The minimum Gasteiger partial charge on any atom is -0.338 e. The Hall–Kier alpha value is -1.85. The number of Topliss-reactive ketones (excluding diaryl/α,β-unsaturated/α-hetero) is 1. The second-order valence-electron chi connectivity index (χ2n) is 4.08. The first kappa shape index (κ1) is 12.6. The van der Waals surface area contributed by atoms with Gasteiger partial charge in [0.05, 0.1) is 0 Å². The van der Waals surface area contributed by atoms with Crippen molar-refractivity contribution in [2.24, 2.45) is 0 Å². The number of benzene rings is 1. The number of ketones is 1. The molecule has 0 saturated carbocycles. The number of amides is 1. The molecule has 0 spiro atoms. The van der Waals surface area contributed by atoms with E-state index in [9.17, 15) is 22.8 Å². The zero-order chi connectivity index (χ0) is 13.3. The number of hydrogen-bond donors (Lipinski definition) is 0. The van der Waals surface area contributed by atoms with Crippen molar-refractivity contribution < 1.29 is 22.8 Å². The van der Waals surface area contributed by atoms with Crippen molar-refractivity contribution in [2.45, 2.75) is 12.8 Å². The van der Waals surface area contributed by atoms with Gasteiger partial charge in [-0.2, -0.15) is 0 Å². The molecule has 1 aliphatic heterocycles. The summed E-state index contributed by atoms with van der Waals surface area (Å²) in [6.45, 7) is 0.441. The molecule has 96 valence electrons. The Bertz CT molecular complexity index is 483. The maximum atomic E-state index is 13.0. The van der Waals surface area contributed by atoms with Gasteiger partial charge in [0, 0.05) is 31.5 Å². The molecule has 1 fully saturated rings. The molecule has 1 amide bonds. The fraction of sp³-hybridized carbons (Fsp3) is 0.333. The van der Waals surface area contributed by atoms with Crippen LogP contribution >= 0.6 is 0 Å². The summed E-state index contributed by atoms with van der Waals surface area (Å²) in [5, 5.41) is 0. The van der Waals surface area contributed by atoms with Crippen molar-refractivity contribution >= 4 is 11.7 Å². The summed E-state index contributed by atoms with van der Waals surface area (Å²) in [5.74, 6) is -4.94. The first-order valence-electron chi connectivity index (χ1n) is 5.44. The molecule has 18 heavy (non-hydrogen) atoms. The molecule has 0 bridgehead atoms. The molecule has 1 aliphatic rings. The minimum atomic E-state index is -1.60. The van der Waals surface area contributed by atoms with Crippen LogP contribution in [0.4, 0.5) is 13.2 Å². The number of hydrogen-bond acceptors (Lipinski definition) is 2. The van der Waals surface area contributed by atoms with E-state index in [1.54, 1.807) is 0 Å². The van der Waals surface area contributed by atoms with E-state index in [-0.39, 0.29) is 37.3 Å². The molecule has 1 saturated heterocycles. The molecule has 0 aliphatic carbocycles. The molecule has 1 heterocycles. The van der Waals surface area contributed by atoms with Crippen molar-refractivity contribution in [3.63, 3.8) is 0 Å². The first-order valence-corrected chi connectivity index (χ1v) is 5.44. The Morgan fingerprint density at radius 3 is 2.06 bits per heavy atom. The maximum Gasteiger partial charge on any atom is 0.254 e. The van der Waals surface area contributed by atoms with Crippen molar-refractivity contribution in [2.75, 3.05) is 13.1 Å². The lowest BCUT2D eigenvalue weighted by molar-refractivity contribution is -0.120. The van der Waals surface area contributed by atoms with Crippen LogP contribution in [0.2, 0.25) is 0 Å². The molecule has 0 N–H and O–H groups in total. The van der Waals surface area contributed by atoms with Crippen LogP contribution in [0, 0.1) is 17.5 Å².